The van der Waals surface area contributed by atoms with Crippen molar-refractivity contribution in [2.24, 2.45) is 5.41 Å². The third-order valence-corrected chi connectivity index (χ3v) is 3.90. The Balaban J connectivity index is 2.08. The molecule has 3 heteroatoms. The molecule has 3 nitrogen and oxygen atoms in total. The summed E-state index contributed by atoms with van der Waals surface area (Å²) in [7, 11) is 0. The molecule has 96 valence electrons. The van der Waals surface area contributed by atoms with Crippen LogP contribution >= 0.6 is 0 Å². The van der Waals surface area contributed by atoms with Crippen LogP contribution in [0.1, 0.15) is 30.9 Å². The van der Waals surface area contributed by atoms with Crippen LogP contribution in [-0.2, 0) is 0 Å². The monoisotopic (exact) mass is 243 g/mol. The van der Waals surface area contributed by atoms with Gasteiger partial charge in [0.15, 0.2) is 0 Å². The summed E-state index contributed by atoms with van der Waals surface area (Å²) in [5.41, 5.74) is 3.22. The lowest BCUT2D eigenvalue weighted by Crippen LogP contribution is -2.39. The van der Waals surface area contributed by atoms with Crippen molar-refractivity contribution in [1.82, 2.24) is 5.32 Å². The van der Waals surface area contributed by atoms with Crippen LogP contribution in [-0.4, -0.2) is 19.6 Å². The van der Waals surface area contributed by atoms with Gasteiger partial charge in [-0.2, -0.15) is 5.26 Å². The minimum Gasteiger partial charge on any atom is -0.383 e. The van der Waals surface area contributed by atoms with Gasteiger partial charge in [-0.25, -0.2) is 0 Å². The fourth-order valence-electron chi connectivity index (χ4n) is 2.50. The number of benzene rings is 1. The summed E-state index contributed by atoms with van der Waals surface area (Å²) in [6, 6.07) is 8.12. The summed E-state index contributed by atoms with van der Waals surface area (Å²) in [5, 5.41) is 16.0. The molecule has 1 heterocycles. The molecule has 1 aromatic carbocycles. The maximum atomic E-state index is 9.14. The summed E-state index contributed by atoms with van der Waals surface area (Å²) in [6.07, 6.45) is 2.38. The Kier molecular flexibility index (Phi) is 3.88. The second-order valence-corrected chi connectivity index (χ2v) is 5.52. The molecule has 0 radical (unpaired) electrons. The molecule has 1 saturated heterocycles. The molecule has 0 bridgehead atoms. The highest BCUT2D eigenvalue weighted by Crippen LogP contribution is 2.29. The van der Waals surface area contributed by atoms with Crippen molar-refractivity contribution in [2.45, 2.75) is 26.7 Å². The Hall–Kier alpha value is -1.53. The van der Waals surface area contributed by atoms with Crippen molar-refractivity contribution in [1.29, 1.82) is 5.26 Å². The first kappa shape index (κ1) is 12.9. The first-order valence-electron chi connectivity index (χ1n) is 6.59. The molecule has 1 fully saturated rings. The predicted octanol–water partition coefficient (Wildman–Crippen LogP) is 2.67. The third-order valence-electron chi connectivity index (χ3n) is 3.90. The SMILES string of the molecule is Cc1cccc(C#N)c1NCC1(C)CCNCC1. The number of piperidine rings is 1. The van der Waals surface area contributed by atoms with Gasteiger partial charge in [0.05, 0.1) is 11.3 Å². The maximum absolute atomic E-state index is 9.14. The molecule has 0 aliphatic carbocycles. The van der Waals surface area contributed by atoms with Crippen molar-refractivity contribution < 1.29 is 0 Å². The van der Waals surface area contributed by atoms with Gasteiger partial charge in [0.25, 0.3) is 0 Å². The van der Waals surface area contributed by atoms with Crippen LogP contribution in [0.4, 0.5) is 5.69 Å². The lowest BCUT2D eigenvalue weighted by atomic mass is 9.81. The number of aryl methyl sites for hydroxylation is 1. The molecular weight excluding hydrogens is 222 g/mol. The van der Waals surface area contributed by atoms with E-state index in [0.717, 1.165) is 36.4 Å². The summed E-state index contributed by atoms with van der Waals surface area (Å²) in [4.78, 5) is 0. The number of para-hydroxylation sites is 1. The van der Waals surface area contributed by atoms with Crippen LogP contribution in [0, 0.1) is 23.7 Å². The van der Waals surface area contributed by atoms with Gasteiger partial charge in [0.2, 0.25) is 0 Å². The van der Waals surface area contributed by atoms with Crippen molar-refractivity contribution in [2.75, 3.05) is 25.0 Å². The van der Waals surface area contributed by atoms with E-state index in [2.05, 4.69) is 23.6 Å². The van der Waals surface area contributed by atoms with Gasteiger partial charge in [0, 0.05) is 6.54 Å². The highest BCUT2D eigenvalue weighted by atomic mass is 14.9. The number of nitrogens with one attached hydrogen (secondary N) is 2. The van der Waals surface area contributed by atoms with E-state index in [0.29, 0.717) is 5.41 Å². The molecule has 1 aliphatic rings. The molecule has 0 unspecified atom stereocenters. The van der Waals surface area contributed by atoms with Gasteiger partial charge in [-0.15, -0.1) is 0 Å². The smallest absolute Gasteiger partial charge is 0.101 e. The molecule has 2 rings (SSSR count). The maximum Gasteiger partial charge on any atom is 0.101 e. The fraction of sp³-hybridized carbons (Fsp3) is 0.533. The topological polar surface area (TPSA) is 47.9 Å². The van der Waals surface area contributed by atoms with Crippen LogP contribution < -0.4 is 10.6 Å². The van der Waals surface area contributed by atoms with Gasteiger partial charge in [0.1, 0.15) is 6.07 Å². The molecule has 1 aromatic rings. The molecule has 1 aliphatic heterocycles. The lowest BCUT2D eigenvalue weighted by molar-refractivity contribution is 0.247. The van der Waals surface area contributed by atoms with E-state index < -0.39 is 0 Å². The van der Waals surface area contributed by atoms with Crippen molar-refractivity contribution in [3.05, 3.63) is 29.3 Å². The van der Waals surface area contributed by atoms with Crippen molar-refractivity contribution in [3.8, 4) is 6.07 Å². The molecule has 0 spiro atoms. The highest BCUT2D eigenvalue weighted by molar-refractivity contribution is 5.62. The van der Waals surface area contributed by atoms with Gasteiger partial charge in [-0.05, 0) is 49.9 Å². The zero-order chi connectivity index (χ0) is 13.0. The number of nitriles is 1. The number of anilines is 1. The minimum atomic E-state index is 0.334. The number of hydrogen-bond donors (Lipinski definition) is 2. The molecule has 2 N–H and O–H groups in total. The second-order valence-electron chi connectivity index (χ2n) is 5.52. The van der Waals surface area contributed by atoms with Gasteiger partial charge < -0.3 is 10.6 Å². The zero-order valence-corrected chi connectivity index (χ0v) is 11.2. The standard InChI is InChI=1S/C15H21N3/c1-12-4-3-5-13(10-16)14(12)18-11-15(2)6-8-17-9-7-15/h3-5,17-18H,6-9,11H2,1-2H3. The largest absolute Gasteiger partial charge is 0.383 e. The van der Waals surface area contributed by atoms with Crippen LogP contribution in [0.2, 0.25) is 0 Å². The van der Waals surface area contributed by atoms with Crippen LogP contribution in [0.3, 0.4) is 0 Å². The second kappa shape index (κ2) is 5.41. The average Bonchev–Trinajstić information content (AvgIpc) is 2.38. The van der Waals surface area contributed by atoms with E-state index >= 15 is 0 Å². The Morgan fingerprint density at radius 3 is 2.78 bits per heavy atom. The Bertz CT molecular complexity index is 453. The first-order valence-corrected chi connectivity index (χ1v) is 6.59. The minimum absolute atomic E-state index is 0.334. The quantitative estimate of drug-likeness (QED) is 0.858. The van der Waals surface area contributed by atoms with E-state index in [1.165, 1.54) is 12.8 Å². The van der Waals surface area contributed by atoms with Gasteiger partial charge >= 0.3 is 0 Å². The lowest BCUT2D eigenvalue weighted by Gasteiger charge is -2.34. The molecule has 0 aromatic heterocycles. The highest BCUT2D eigenvalue weighted by Gasteiger charge is 2.26. The van der Waals surface area contributed by atoms with Gasteiger partial charge in [-0.3, -0.25) is 0 Å². The van der Waals surface area contributed by atoms with Crippen molar-refractivity contribution >= 4 is 5.69 Å². The fourth-order valence-corrected chi connectivity index (χ4v) is 2.50. The molecular formula is C15H21N3. The molecule has 18 heavy (non-hydrogen) atoms. The Morgan fingerprint density at radius 1 is 1.39 bits per heavy atom. The molecule has 0 atom stereocenters. The average molecular weight is 243 g/mol. The Morgan fingerprint density at radius 2 is 2.11 bits per heavy atom. The van der Waals surface area contributed by atoms with E-state index in [-0.39, 0.29) is 0 Å². The van der Waals surface area contributed by atoms with E-state index in [1.54, 1.807) is 0 Å². The number of nitrogens with zero attached hydrogens (tertiary/aromatic N) is 1. The van der Waals surface area contributed by atoms with Crippen LogP contribution in [0.5, 0.6) is 0 Å². The molecule has 0 saturated carbocycles. The van der Waals surface area contributed by atoms with Crippen LogP contribution in [0.25, 0.3) is 0 Å². The van der Waals surface area contributed by atoms with E-state index in [1.807, 2.05) is 25.1 Å². The van der Waals surface area contributed by atoms with Crippen LogP contribution in [0.15, 0.2) is 18.2 Å². The summed E-state index contributed by atoms with van der Waals surface area (Å²) in [6.45, 7) is 7.50. The van der Waals surface area contributed by atoms with Crippen molar-refractivity contribution in [3.63, 3.8) is 0 Å². The summed E-state index contributed by atoms with van der Waals surface area (Å²) in [5.74, 6) is 0. The van der Waals surface area contributed by atoms with Gasteiger partial charge in [-0.1, -0.05) is 19.1 Å². The van der Waals surface area contributed by atoms with E-state index in [9.17, 15) is 0 Å². The normalized spacial score (nSPS) is 18.1. The third kappa shape index (κ3) is 2.83. The number of hydrogen-bond acceptors (Lipinski definition) is 3. The summed E-state index contributed by atoms with van der Waals surface area (Å²) < 4.78 is 0. The Labute approximate surface area is 109 Å². The molecule has 0 amide bonds. The predicted molar refractivity (Wildman–Crippen MR) is 74.6 cm³/mol. The van der Waals surface area contributed by atoms with E-state index in [4.69, 9.17) is 5.26 Å². The summed E-state index contributed by atoms with van der Waals surface area (Å²) >= 11 is 0. The first-order chi connectivity index (χ1) is 8.64. The zero-order valence-electron chi connectivity index (χ0n) is 11.2. The number of rotatable bonds is 3.